The number of likely N-dealkylation sites (tertiary alicyclic amines) is 1. The highest BCUT2D eigenvalue weighted by Crippen LogP contribution is 2.29. The molecule has 0 bridgehead atoms. The van der Waals surface area contributed by atoms with Gasteiger partial charge in [-0.25, -0.2) is 0 Å². The van der Waals surface area contributed by atoms with Crippen molar-refractivity contribution in [3.8, 4) is 0 Å². The van der Waals surface area contributed by atoms with E-state index in [1.54, 1.807) is 12.4 Å². The molecule has 0 spiro atoms. The molecule has 4 heteroatoms. The molecule has 1 fully saturated rings. The van der Waals surface area contributed by atoms with Crippen molar-refractivity contribution in [1.82, 2.24) is 9.88 Å². The number of anilines is 1. The number of hydrogen-bond donors (Lipinski definition) is 1. The first kappa shape index (κ1) is 15.8. The SMILES string of the molecule is CCCNc1ccncc1C(=O)N1CC(C)CC(C)C1C. The van der Waals surface area contributed by atoms with Gasteiger partial charge in [-0.05, 0) is 37.7 Å². The van der Waals surface area contributed by atoms with Crippen LogP contribution >= 0.6 is 0 Å². The van der Waals surface area contributed by atoms with Crippen LogP contribution in [0, 0.1) is 11.8 Å². The summed E-state index contributed by atoms with van der Waals surface area (Å²) in [4.78, 5) is 19.1. The summed E-state index contributed by atoms with van der Waals surface area (Å²) in [6.07, 6.45) is 5.65. The van der Waals surface area contributed by atoms with Gasteiger partial charge in [0.1, 0.15) is 0 Å². The number of carbonyl (C=O) groups is 1. The molecule has 0 radical (unpaired) electrons. The van der Waals surface area contributed by atoms with Crippen molar-refractivity contribution in [2.45, 2.75) is 46.6 Å². The molecule has 1 aliphatic rings. The number of rotatable bonds is 4. The lowest BCUT2D eigenvalue weighted by atomic mass is 9.85. The van der Waals surface area contributed by atoms with Gasteiger partial charge in [-0.3, -0.25) is 9.78 Å². The molecule has 0 aliphatic carbocycles. The number of amides is 1. The Balaban J connectivity index is 2.22. The molecule has 0 saturated carbocycles. The van der Waals surface area contributed by atoms with Crippen LogP contribution in [0.3, 0.4) is 0 Å². The first-order valence-electron chi connectivity index (χ1n) is 8.03. The number of piperidine rings is 1. The second kappa shape index (κ2) is 6.92. The molecule has 2 rings (SSSR count). The van der Waals surface area contributed by atoms with Crippen LogP contribution in [-0.4, -0.2) is 34.9 Å². The van der Waals surface area contributed by atoms with Crippen LogP contribution in [0.15, 0.2) is 18.5 Å². The molecule has 1 amide bonds. The summed E-state index contributed by atoms with van der Waals surface area (Å²) in [5.41, 5.74) is 1.59. The molecule has 2 heterocycles. The summed E-state index contributed by atoms with van der Waals surface area (Å²) in [6.45, 7) is 10.4. The van der Waals surface area contributed by atoms with Crippen molar-refractivity contribution in [3.63, 3.8) is 0 Å². The summed E-state index contributed by atoms with van der Waals surface area (Å²) in [7, 11) is 0. The van der Waals surface area contributed by atoms with Gasteiger partial charge in [-0.15, -0.1) is 0 Å². The van der Waals surface area contributed by atoms with Crippen molar-refractivity contribution >= 4 is 11.6 Å². The number of aromatic nitrogens is 1. The molecule has 21 heavy (non-hydrogen) atoms. The Labute approximate surface area is 127 Å². The Kier molecular flexibility index (Phi) is 5.21. The summed E-state index contributed by atoms with van der Waals surface area (Å²) in [6, 6.07) is 2.18. The Hall–Kier alpha value is -1.58. The number of hydrogen-bond acceptors (Lipinski definition) is 3. The second-order valence-corrected chi connectivity index (χ2v) is 6.36. The Morgan fingerprint density at radius 2 is 2.19 bits per heavy atom. The standard InChI is InChI=1S/C17H27N3O/c1-5-7-19-16-6-8-18-10-15(16)17(21)20-11-12(2)9-13(3)14(20)4/h6,8,10,12-14H,5,7,9,11H2,1-4H3,(H,18,19). The zero-order valence-electron chi connectivity index (χ0n) is 13.6. The van der Waals surface area contributed by atoms with E-state index in [0.29, 0.717) is 17.4 Å². The third kappa shape index (κ3) is 3.55. The van der Waals surface area contributed by atoms with Crippen molar-refractivity contribution < 1.29 is 4.79 Å². The molecule has 3 atom stereocenters. The monoisotopic (exact) mass is 289 g/mol. The third-order valence-corrected chi connectivity index (χ3v) is 4.48. The van der Waals surface area contributed by atoms with Crippen molar-refractivity contribution in [1.29, 1.82) is 0 Å². The van der Waals surface area contributed by atoms with Crippen molar-refractivity contribution in [2.24, 2.45) is 11.8 Å². The Morgan fingerprint density at radius 3 is 2.90 bits per heavy atom. The third-order valence-electron chi connectivity index (χ3n) is 4.48. The predicted octanol–water partition coefficient (Wildman–Crippen LogP) is 3.41. The van der Waals surface area contributed by atoms with Crippen LogP contribution in [0.1, 0.15) is 50.9 Å². The maximum absolute atomic E-state index is 12.9. The molecule has 4 nitrogen and oxygen atoms in total. The van der Waals surface area contributed by atoms with Gasteiger partial charge in [0.15, 0.2) is 0 Å². The van der Waals surface area contributed by atoms with Gasteiger partial charge >= 0.3 is 0 Å². The summed E-state index contributed by atoms with van der Waals surface area (Å²) in [5.74, 6) is 1.21. The van der Waals surface area contributed by atoms with Crippen LogP contribution in [0.2, 0.25) is 0 Å². The van der Waals surface area contributed by atoms with E-state index in [-0.39, 0.29) is 11.9 Å². The highest BCUT2D eigenvalue weighted by Gasteiger charge is 2.33. The minimum atomic E-state index is 0.104. The van der Waals surface area contributed by atoms with E-state index >= 15 is 0 Å². The van der Waals surface area contributed by atoms with Crippen molar-refractivity contribution in [2.75, 3.05) is 18.4 Å². The van der Waals surface area contributed by atoms with E-state index in [2.05, 4.69) is 38.0 Å². The topological polar surface area (TPSA) is 45.2 Å². The van der Waals surface area contributed by atoms with E-state index in [1.165, 1.54) is 6.42 Å². The van der Waals surface area contributed by atoms with E-state index in [1.807, 2.05) is 11.0 Å². The van der Waals surface area contributed by atoms with Crippen LogP contribution in [0.5, 0.6) is 0 Å². The summed E-state index contributed by atoms with van der Waals surface area (Å²) >= 11 is 0. The normalized spacial score (nSPS) is 25.7. The highest BCUT2D eigenvalue weighted by atomic mass is 16.2. The molecule has 1 aromatic heterocycles. The van der Waals surface area contributed by atoms with Gasteiger partial charge in [-0.2, -0.15) is 0 Å². The lowest BCUT2D eigenvalue weighted by molar-refractivity contribution is 0.0456. The average Bonchev–Trinajstić information content (AvgIpc) is 2.48. The van der Waals surface area contributed by atoms with Gasteiger partial charge < -0.3 is 10.2 Å². The maximum atomic E-state index is 12.9. The van der Waals surface area contributed by atoms with Crippen molar-refractivity contribution in [3.05, 3.63) is 24.0 Å². The minimum Gasteiger partial charge on any atom is -0.384 e. The molecule has 1 N–H and O–H groups in total. The summed E-state index contributed by atoms with van der Waals surface area (Å²) < 4.78 is 0. The maximum Gasteiger partial charge on any atom is 0.257 e. The predicted molar refractivity (Wildman–Crippen MR) is 86.5 cm³/mol. The van der Waals surface area contributed by atoms with E-state index in [4.69, 9.17) is 0 Å². The molecular formula is C17H27N3O. The van der Waals surface area contributed by atoms with Gasteiger partial charge in [0.2, 0.25) is 0 Å². The molecule has 0 aromatic carbocycles. The number of pyridine rings is 1. The number of nitrogens with one attached hydrogen (secondary N) is 1. The molecule has 3 unspecified atom stereocenters. The van der Waals surface area contributed by atoms with Gasteiger partial charge in [0.25, 0.3) is 5.91 Å². The zero-order chi connectivity index (χ0) is 15.4. The van der Waals surface area contributed by atoms with Crippen LogP contribution < -0.4 is 5.32 Å². The summed E-state index contributed by atoms with van der Waals surface area (Å²) in [5, 5.41) is 3.33. The average molecular weight is 289 g/mol. The Bertz CT molecular complexity index is 489. The fourth-order valence-electron chi connectivity index (χ4n) is 3.12. The fourth-order valence-corrected chi connectivity index (χ4v) is 3.12. The molecule has 1 aliphatic heterocycles. The van der Waals surface area contributed by atoms with Gasteiger partial charge in [-0.1, -0.05) is 20.8 Å². The van der Waals surface area contributed by atoms with Crippen LogP contribution in [0.4, 0.5) is 5.69 Å². The van der Waals surface area contributed by atoms with Gasteiger partial charge in [0, 0.05) is 31.5 Å². The number of carbonyl (C=O) groups excluding carboxylic acids is 1. The first-order valence-corrected chi connectivity index (χ1v) is 8.03. The molecule has 1 aromatic rings. The zero-order valence-corrected chi connectivity index (χ0v) is 13.6. The smallest absolute Gasteiger partial charge is 0.257 e. The van der Waals surface area contributed by atoms with E-state index in [9.17, 15) is 4.79 Å². The lowest BCUT2D eigenvalue weighted by Gasteiger charge is -2.41. The lowest BCUT2D eigenvalue weighted by Crippen LogP contribution is -2.49. The van der Waals surface area contributed by atoms with E-state index < -0.39 is 0 Å². The second-order valence-electron chi connectivity index (χ2n) is 6.36. The molecule has 1 saturated heterocycles. The quantitative estimate of drug-likeness (QED) is 0.924. The highest BCUT2D eigenvalue weighted by molar-refractivity contribution is 5.99. The molecule has 116 valence electrons. The largest absolute Gasteiger partial charge is 0.384 e. The van der Waals surface area contributed by atoms with Gasteiger partial charge in [0.05, 0.1) is 11.3 Å². The number of nitrogens with zero attached hydrogens (tertiary/aromatic N) is 2. The fraction of sp³-hybridized carbons (Fsp3) is 0.647. The Morgan fingerprint density at radius 1 is 1.43 bits per heavy atom. The molecular weight excluding hydrogens is 262 g/mol. The first-order chi connectivity index (χ1) is 10.0. The van der Waals surface area contributed by atoms with E-state index in [0.717, 1.165) is 25.2 Å². The van der Waals surface area contributed by atoms with Crippen LogP contribution in [-0.2, 0) is 0 Å². The minimum absolute atomic E-state index is 0.104. The van der Waals surface area contributed by atoms with Crippen LogP contribution in [0.25, 0.3) is 0 Å².